The van der Waals surface area contributed by atoms with Crippen LogP contribution in [0.2, 0.25) is 0 Å². The number of benzene rings is 2. The van der Waals surface area contributed by atoms with E-state index >= 15 is 0 Å². The predicted octanol–water partition coefficient (Wildman–Crippen LogP) is 4.44. The average molecular weight is 359 g/mol. The monoisotopic (exact) mass is 359 g/mol. The number of nitrogens with one attached hydrogen (secondary N) is 1. The number of furan rings is 1. The van der Waals surface area contributed by atoms with Crippen LogP contribution in [-0.2, 0) is 6.54 Å². The fourth-order valence-electron chi connectivity index (χ4n) is 2.35. The molecule has 0 atom stereocenters. The highest BCUT2D eigenvalue weighted by Gasteiger charge is 2.11. The van der Waals surface area contributed by atoms with Gasteiger partial charge in [-0.2, -0.15) is 0 Å². The molecule has 2 aromatic carbocycles. The summed E-state index contributed by atoms with van der Waals surface area (Å²) >= 11 is 4.39. The second-order valence-electron chi connectivity index (χ2n) is 5.26. The van der Waals surface area contributed by atoms with E-state index in [2.05, 4.69) is 22.9 Å². The molecular weight excluding hydrogens is 344 g/mol. The highest BCUT2D eigenvalue weighted by atomic mass is 32.1. The minimum absolute atomic E-state index is 0.135. The van der Waals surface area contributed by atoms with Gasteiger partial charge in [0.1, 0.15) is 23.9 Å². The van der Waals surface area contributed by atoms with Gasteiger partial charge in [-0.1, -0.05) is 12.1 Å². The van der Waals surface area contributed by atoms with Crippen LogP contribution >= 0.6 is 12.6 Å². The third-order valence-corrected chi connectivity index (χ3v) is 3.83. The molecule has 3 rings (SSSR count). The van der Waals surface area contributed by atoms with E-state index in [1.165, 1.54) is 12.1 Å². The molecule has 128 valence electrons. The molecule has 7 heteroatoms. The van der Waals surface area contributed by atoms with Crippen LogP contribution in [0.25, 0.3) is 11.1 Å². The van der Waals surface area contributed by atoms with E-state index in [9.17, 15) is 8.78 Å². The van der Waals surface area contributed by atoms with Crippen molar-refractivity contribution in [1.29, 1.82) is 0 Å². The lowest BCUT2D eigenvalue weighted by atomic mass is 10.0. The lowest BCUT2D eigenvalue weighted by Gasteiger charge is -2.14. The minimum Gasteiger partial charge on any atom is -0.467 e. The second-order valence-corrected chi connectivity index (χ2v) is 5.75. The Morgan fingerprint density at radius 1 is 1.12 bits per heavy atom. The average Bonchev–Trinajstić information content (AvgIpc) is 3.07. The molecule has 0 saturated heterocycles. The fraction of sp³-hybridized carbons (Fsp3) is 0.0556. The number of hydrogen-bond donors (Lipinski definition) is 3. The highest BCUT2D eigenvalue weighted by molar-refractivity contribution is 7.80. The zero-order valence-electron chi connectivity index (χ0n) is 13.0. The van der Waals surface area contributed by atoms with Crippen LogP contribution in [0.3, 0.4) is 0 Å². The molecule has 3 aromatic rings. The molecule has 25 heavy (non-hydrogen) atoms. The van der Waals surface area contributed by atoms with Gasteiger partial charge in [-0.25, -0.2) is 13.8 Å². The molecule has 0 saturated carbocycles. The van der Waals surface area contributed by atoms with Crippen LogP contribution < -0.4 is 11.1 Å². The molecule has 0 fully saturated rings. The maximum atomic E-state index is 13.5. The van der Waals surface area contributed by atoms with E-state index in [-0.39, 0.29) is 12.5 Å². The normalized spacial score (nSPS) is 11.6. The van der Waals surface area contributed by atoms with Crippen molar-refractivity contribution >= 4 is 24.3 Å². The van der Waals surface area contributed by atoms with Gasteiger partial charge in [-0.3, -0.25) is 0 Å². The van der Waals surface area contributed by atoms with Crippen LogP contribution in [-0.4, -0.2) is 5.96 Å². The number of anilines is 1. The van der Waals surface area contributed by atoms with Gasteiger partial charge in [0.05, 0.1) is 12.0 Å². The van der Waals surface area contributed by atoms with Crippen molar-refractivity contribution in [2.24, 2.45) is 10.7 Å². The maximum Gasteiger partial charge on any atom is 0.193 e. The van der Waals surface area contributed by atoms with E-state index in [0.29, 0.717) is 27.5 Å². The van der Waals surface area contributed by atoms with Crippen molar-refractivity contribution in [3.05, 3.63) is 72.2 Å². The van der Waals surface area contributed by atoms with Crippen molar-refractivity contribution in [3.8, 4) is 11.1 Å². The van der Waals surface area contributed by atoms with Gasteiger partial charge < -0.3 is 15.5 Å². The molecule has 0 aliphatic carbocycles. The Morgan fingerprint density at radius 2 is 1.88 bits per heavy atom. The summed E-state index contributed by atoms with van der Waals surface area (Å²) in [5.41, 5.74) is 7.35. The SMILES string of the molecule is NC(=NCc1ccco1)Nc1c(S)cccc1-c1cc(F)cc(F)c1. The van der Waals surface area contributed by atoms with Gasteiger partial charge in [0.25, 0.3) is 0 Å². The Kier molecular flexibility index (Phi) is 5.04. The standard InChI is InChI=1S/C18H15F2N3OS/c19-12-7-11(8-13(20)9-12)15-4-1-5-16(25)17(15)23-18(21)22-10-14-3-2-6-24-14/h1-9,25H,10H2,(H3,21,22,23). The predicted molar refractivity (Wildman–Crippen MR) is 96.7 cm³/mol. The first kappa shape index (κ1) is 17.0. The third-order valence-electron chi connectivity index (χ3n) is 3.45. The van der Waals surface area contributed by atoms with Gasteiger partial charge in [0.15, 0.2) is 5.96 Å². The summed E-state index contributed by atoms with van der Waals surface area (Å²) in [6, 6.07) is 12.0. The van der Waals surface area contributed by atoms with Gasteiger partial charge in [-0.05, 0) is 35.9 Å². The topological polar surface area (TPSA) is 63.5 Å². The summed E-state index contributed by atoms with van der Waals surface area (Å²) in [6.45, 7) is 0.268. The van der Waals surface area contributed by atoms with E-state index in [1.54, 1.807) is 36.6 Å². The minimum atomic E-state index is -0.662. The molecule has 0 aliphatic rings. The zero-order chi connectivity index (χ0) is 17.8. The molecule has 0 bridgehead atoms. The van der Waals surface area contributed by atoms with E-state index < -0.39 is 11.6 Å². The van der Waals surface area contributed by atoms with Crippen molar-refractivity contribution in [1.82, 2.24) is 0 Å². The number of halogens is 2. The summed E-state index contributed by atoms with van der Waals surface area (Å²) in [4.78, 5) is 4.75. The Hall–Kier alpha value is -2.80. The number of nitrogens with two attached hydrogens (primary N) is 1. The first-order chi connectivity index (χ1) is 12.0. The van der Waals surface area contributed by atoms with E-state index in [0.717, 1.165) is 6.07 Å². The fourth-order valence-corrected chi connectivity index (χ4v) is 2.62. The molecular formula is C18H15F2N3OS. The van der Waals surface area contributed by atoms with E-state index in [1.807, 2.05) is 0 Å². The van der Waals surface area contributed by atoms with Gasteiger partial charge in [0.2, 0.25) is 0 Å². The molecule has 1 heterocycles. The number of aliphatic imine (C=N–C) groups is 1. The third kappa shape index (κ3) is 4.19. The summed E-state index contributed by atoms with van der Waals surface area (Å²) in [6.07, 6.45) is 1.55. The molecule has 3 N–H and O–H groups in total. The van der Waals surface area contributed by atoms with Crippen LogP contribution in [0.15, 0.2) is 69.1 Å². The lowest BCUT2D eigenvalue weighted by molar-refractivity contribution is 0.513. The van der Waals surface area contributed by atoms with Gasteiger partial charge >= 0.3 is 0 Å². The number of guanidine groups is 1. The first-order valence-electron chi connectivity index (χ1n) is 7.40. The highest BCUT2D eigenvalue weighted by Crippen LogP contribution is 2.33. The number of hydrogen-bond acceptors (Lipinski definition) is 3. The van der Waals surface area contributed by atoms with Crippen LogP contribution in [0.5, 0.6) is 0 Å². The summed E-state index contributed by atoms with van der Waals surface area (Å²) in [7, 11) is 0. The van der Waals surface area contributed by atoms with Crippen LogP contribution in [0, 0.1) is 11.6 Å². The summed E-state index contributed by atoms with van der Waals surface area (Å²) < 4.78 is 32.3. The Balaban J connectivity index is 1.92. The van der Waals surface area contributed by atoms with Crippen molar-refractivity contribution < 1.29 is 13.2 Å². The molecule has 4 nitrogen and oxygen atoms in total. The van der Waals surface area contributed by atoms with Crippen LogP contribution in [0.1, 0.15) is 5.76 Å². The summed E-state index contributed by atoms with van der Waals surface area (Å²) in [5, 5.41) is 2.94. The Bertz CT molecular complexity index is 890. The smallest absolute Gasteiger partial charge is 0.193 e. The van der Waals surface area contributed by atoms with E-state index in [4.69, 9.17) is 10.2 Å². The quantitative estimate of drug-likeness (QED) is 0.367. The van der Waals surface area contributed by atoms with Gasteiger partial charge in [-0.15, -0.1) is 12.6 Å². The number of rotatable bonds is 4. The molecule has 0 aliphatic heterocycles. The maximum absolute atomic E-state index is 13.5. The largest absolute Gasteiger partial charge is 0.467 e. The van der Waals surface area contributed by atoms with Crippen molar-refractivity contribution in [2.45, 2.75) is 11.4 Å². The van der Waals surface area contributed by atoms with Crippen molar-refractivity contribution in [3.63, 3.8) is 0 Å². The molecule has 0 spiro atoms. The zero-order valence-corrected chi connectivity index (χ0v) is 13.9. The van der Waals surface area contributed by atoms with Gasteiger partial charge in [0, 0.05) is 16.5 Å². The first-order valence-corrected chi connectivity index (χ1v) is 7.85. The second kappa shape index (κ2) is 7.40. The molecule has 0 amide bonds. The molecule has 1 aromatic heterocycles. The number of nitrogens with zero attached hydrogens (tertiary/aromatic N) is 1. The Morgan fingerprint density at radius 3 is 2.56 bits per heavy atom. The van der Waals surface area contributed by atoms with Crippen molar-refractivity contribution in [2.75, 3.05) is 5.32 Å². The van der Waals surface area contributed by atoms with Crippen LogP contribution in [0.4, 0.5) is 14.5 Å². The Labute approximate surface area is 148 Å². The molecule has 0 unspecified atom stereocenters. The number of thiol groups is 1. The number of para-hydroxylation sites is 1. The molecule has 0 radical (unpaired) electrons. The summed E-state index contributed by atoms with van der Waals surface area (Å²) in [5.74, 6) is -0.526. The lowest BCUT2D eigenvalue weighted by Crippen LogP contribution is -2.23.